The molecule has 1 aliphatic heterocycles. The van der Waals surface area contributed by atoms with E-state index >= 15 is 0 Å². The van der Waals surface area contributed by atoms with E-state index in [-0.39, 0.29) is 12.2 Å². The molecule has 0 unspecified atom stereocenters. The smallest absolute Gasteiger partial charge is 0.338 e. The van der Waals surface area contributed by atoms with Crippen LogP contribution in [-0.4, -0.2) is 24.3 Å². The molecular formula is C24H20Cl2N2O4S. The Morgan fingerprint density at radius 2 is 1.94 bits per heavy atom. The Hall–Kier alpha value is -2.87. The zero-order valence-electron chi connectivity index (χ0n) is 18.1. The first-order valence-corrected chi connectivity index (χ1v) is 11.7. The Kier molecular flexibility index (Phi) is 6.74. The Balaban J connectivity index is 1.96. The minimum absolute atomic E-state index is 0.211. The second-order valence-corrected chi connectivity index (χ2v) is 9.01. The molecule has 2 heterocycles. The second-order valence-electron chi connectivity index (χ2n) is 7.22. The van der Waals surface area contributed by atoms with Gasteiger partial charge in [0.1, 0.15) is 5.75 Å². The number of halogens is 2. The van der Waals surface area contributed by atoms with E-state index in [1.807, 2.05) is 12.1 Å². The number of carbonyl (C=O) groups is 1. The van der Waals surface area contributed by atoms with Crippen LogP contribution in [0.5, 0.6) is 5.75 Å². The third-order valence-electron chi connectivity index (χ3n) is 5.22. The molecule has 0 fully saturated rings. The van der Waals surface area contributed by atoms with Crippen LogP contribution in [0.1, 0.15) is 31.0 Å². The fourth-order valence-corrected chi connectivity index (χ4v) is 5.07. The highest BCUT2D eigenvalue weighted by Gasteiger charge is 2.33. The predicted molar refractivity (Wildman–Crippen MR) is 130 cm³/mol. The van der Waals surface area contributed by atoms with Crippen molar-refractivity contribution >= 4 is 46.6 Å². The molecule has 0 radical (unpaired) electrons. The molecule has 0 saturated heterocycles. The number of hydrogen-bond donors (Lipinski definition) is 0. The number of benzene rings is 2. The van der Waals surface area contributed by atoms with Crippen molar-refractivity contribution in [2.24, 2.45) is 4.99 Å². The van der Waals surface area contributed by atoms with Gasteiger partial charge >= 0.3 is 5.97 Å². The van der Waals surface area contributed by atoms with Crippen LogP contribution in [0, 0.1) is 0 Å². The van der Waals surface area contributed by atoms with Crippen molar-refractivity contribution in [1.29, 1.82) is 0 Å². The summed E-state index contributed by atoms with van der Waals surface area (Å²) in [7, 11) is 1.58. The molecular weight excluding hydrogens is 483 g/mol. The molecule has 1 aromatic heterocycles. The molecule has 0 bridgehead atoms. The maximum atomic E-state index is 13.6. The summed E-state index contributed by atoms with van der Waals surface area (Å²) in [4.78, 5) is 31.5. The van der Waals surface area contributed by atoms with Crippen molar-refractivity contribution in [2.75, 3.05) is 13.7 Å². The number of esters is 1. The first-order chi connectivity index (χ1) is 15.8. The molecule has 1 aliphatic rings. The predicted octanol–water partition coefficient (Wildman–Crippen LogP) is 4.11. The molecule has 1 atom stereocenters. The minimum Gasteiger partial charge on any atom is -0.497 e. The second kappa shape index (κ2) is 9.55. The summed E-state index contributed by atoms with van der Waals surface area (Å²) in [5.74, 6) is 0.159. The van der Waals surface area contributed by atoms with Crippen LogP contribution < -0.4 is 19.6 Å². The van der Waals surface area contributed by atoms with Crippen LogP contribution >= 0.6 is 34.5 Å². The van der Waals surface area contributed by atoms with Gasteiger partial charge in [0.25, 0.3) is 5.56 Å². The standard InChI is InChI=1S/C24H20Cl2N2O4S/c1-4-32-23(30)19-13(2)27-24-28(21(19)14-8-10-16(31-3)11-9-14)22(29)18(33-24)12-15-6-5-7-17(25)20(15)26/h5-12,21H,4H2,1-3H3/b18-12-/t21-/m0/s1. The van der Waals surface area contributed by atoms with E-state index in [9.17, 15) is 9.59 Å². The SMILES string of the molecule is CCOC(=O)C1=C(C)N=c2s/c(=C\c3cccc(Cl)c3Cl)c(=O)n2[C@H]1c1ccc(OC)cc1. The average molecular weight is 503 g/mol. The van der Waals surface area contributed by atoms with Crippen molar-refractivity contribution in [3.63, 3.8) is 0 Å². The summed E-state index contributed by atoms with van der Waals surface area (Å²) in [6.07, 6.45) is 1.69. The Labute approximate surface area is 204 Å². The van der Waals surface area contributed by atoms with E-state index in [0.717, 1.165) is 5.56 Å². The van der Waals surface area contributed by atoms with Gasteiger partial charge in [0.15, 0.2) is 4.80 Å². The maximum Gasteiger partial charge on any atom is 0.338 e. The van der Waals surface area contributed by atoms with Crippen molar-refractivity contribution in [3.05, 3.63) is 94.6 Å². The molecule has 33 heavy (non-hydrogen) atoms. The van der Waals surface area contributed by atoms with Crippen LogP contribution in [0.15, 0.2) is 63.5 Å². The Bertz CT molecular complexity index is 1440. The van der Waals surface area contributed by atoms with Gasteiger partial charge in [-0.25, -0.2) is 9.79 Å². The van der Waals surface area contributed by atoms with Gasteiger partial charge in [-0.15, -0.1) is 0 Å². The van der Waals surface area contributed by atoms with Gasteiger partial charge in [0.2, 0.25) is 0 Å². The highest BCUT2D eigenvalue weighted by Crippen LogP contribution is 2.32. The van der Waals surface area contributed by atoms with Crippen LogP contribution in [0.25, 0.3) is 6.08 Å². The summed E-state index contributed by atoms with van der Waals surface area (Å²) in [6.45, 7) is 3.69. The number of thiazole rings is 1. The van der Waals surface area contributed by atoms with Crippen molar-refractivity contribution in [1.82, 2.24) is 4.57 Å². The fourth-order valence-electron chi connectivity index (χ4n) is 3.67. The highest BCUT2D eigenvalue weighted by atomic mass is 35.5. The molecule has 0 saturated carbocycles. The summed E-state index contributed by atoms with van der Waals surface area (Å²) in [6, 6.07) is 11.8. The number of aromatic nitrogens is 1. The quantitative estimate of drug-likeness (QED) is 0.492. The van der Waals surface area contributed by atoms with Crippen molar-refractivity contribution < 1.29 is 14.3 Å². The first kappa shape index (κ1) is 23.3. The average Bonchev–Trinajstić information content (AvgIpc) is 3.10. The van der Waals surface area contributed by atoms with E-state index in [1.54, 1.807) is 57.4 Å². The van der Waals surface area contributed by atoms with Crippen molar-refractivity contribution in [2.45, 2.75) is 19.9 Å². The van der Waals surface area contributed by atoms with Gasteiger partial charge in [-0.2, -0.15) is 0 Å². The maximum absolute atomic E-state index is 13.6. The Morgan fingerprint density at radius 3 is 2.61 bits per heavy atom. The topological polar surface area (TPSA) is 69.9 Å². The molecule has 2 aromatic carbocycles. The van der Waals surface area contributed by atoms with Gasteiger partial charge < -0.3 is 9.47 Å². The zero-order valence-corrected chi connectivity index (χ0v) is 20.4. The highest BCUT2D eigenvalue weighted by molar-refractivity contribution is 7.07. The number of nitrogens with zero attached hydrogens (tertiary/aromatic N) is 2. The number of allylic oxidation sites excluding steroid dienone is 1. The summed E-state index contributed by atoms with van der Waals surface area (Å²) in [5.41, 5.74) is 1.90. The van der Waals surface area contributed by atoms with E-state index in [1.165, 1.54) is 15.9 Å². The van der Waals surface area contributed by atoms with Crippen LogP contribution in [0.4, 0.5) is 0 Å². The number of ether oxygens (including phenoxy) is 2. The van der Waals surface area contributed by atoms with Gasteiger partial charge in [-0.1, -0.05) is 58.8 Å². The normalized spacial score (nSPS) is 15.8. The lowest BCUT2D eigenvalue weighted by Crippen LogP contribution is -2.39. The Morgan fingerprint density at radius 1 is 1.21 bits per heavy atom. The van der Waals surface area contributed by atoms with Crippen LogP contribution in [0.2, 0.25) is 10.0 Å². The largest absolute Gasteiger partial charge is 0.497 e. The molecule has 3 aromatic rings. The molecule has 4 rings (SSSR count). The van der Waals surface area contributed by atoms with Gasteiger partial charge in [0.05, 0.1) is 45.6 Å². The van der Waals surface area contributed by atoms with Crippen molar-refractivity contribution in [3.8, 4) is 5.75 Å². The van der Waals surface area contributed by atoms with E-state index < -0.39 is 12.0 Å². The molecule has 0 spiro atoms. The number of methoxy groups -OCH3 is 1. The van der Waals surface area contributed by atoms with Crippen LogP contribution in [-0.2, 0) is 9.53 Å². The lowest BCUT2D eigenvalue weighted by molar-refractivity contribution is -0.139. The van der Waals surface area contributed by atoms with E-state index in [4.69, 9.17) is 32.7 Å². The van der Waals surface area contributed by atoms with Crippen LogP contribution in [0.3, 0.4) is 0 Å². The van der Waals surface area contributed by atoms with Gasteiger partial charge in [-0.05, 0) is 49.2 Å². The summed E-state index contributed by atoms with van der Waals surface area (Å²) < 4.78 is 12.5. The van der Waals surface area contributed by atoms with E-state index in [2.05, 4.69) is 4.99 Å². The first-order valence-electron chi connectivity index (χ1n) is 10.1. The third kappa shape index (κ3) is 4.36. The molecule has 9 heteroatoms. The minimum atomic E-state index is -0.691. The van der Waals surface area contributed by atoms with Gasteiger partial charge in [-0.3, -0.25) is 9.36 Å². The zero-order chi connectivity index (χ0) is 23.7. The van der Waals surface area contributed by atoms with Gasteiger partial charge in [0, 0.05) is 0 Å². The molecule has 0 N–H and O–H groups in total. The number of hydrogen-bond acceptors (Lipinski definition) is 6. The summed E-state index contributed by atoms with van der Waals surface area (Å²) >= 11 is 13.7. The lowest BCUT2D eigenvalue weighted by Gasteiger charge is -2.24. The molecule has 6 nitrogen and oxygen atoms in total. The molecule has 0 aliphatic carbocycles. The summed E-state index contributed by atoms with van der Waals surface area (Å²) in [5, 5.41) is 0.759. The number of carbonyl (C=O) groups excluding carboxylic acids is 1. The molecule has 170 valence electrons. The molecule has 0 amide bonds. The fraction of sp³-hybridized carbons (Fsp3) is 0.208. The number of fused-ring (bicyclic) bond motifs is 1. The monoisotopic (exact) mass is 502 g/mol. The lowest BCUT2D eigenvalue weighted by atomic mass is 9.96. The number of rotatable bonds is 5. The third-order valence-corrected chi connectivity index (χ3v) is 7.03. The van der Waals surface area contributed by atoms with E-state index in [0.29, 0.717) is 42.0 Å².